The molecule has 0 aliphatic carbocycles. The van der Waals surface area contributed by atoms with Crippen LogP contribution >= 0.6 is 0 Å². The summed E-state index contributed by atoms with van der Waals surface area (Å²) >= 11 is 0. The van der Waals surface area contributed by atoms with Gasteiger partial charge in [-0.05, 0) is 24.4 Å². The summed E-state index contributed by atoms with van der Waals surface area (Å²) in [7, 11) is 0. The average Bonchev–Trinajstić information content (AvgIpc) is 2.43. The number of nitrogens with one attached hydrogen (secondary N) is 1. The third kappa shape index (κ3) is 3.02. The molecule has 1 N–H and O–H groups in total. The lowest BCUT2D eigenvalue weighted by atomic mass is 10.1. The second-order valence-electron chi connectivity index (χ2n) is 4.43. The van der Waals surface area contributed by atoms with Gasteiger partial charge in [0.05, 0.1) is 0 Å². The first kappa shape index (κ1) is 12.9. The first-order valence-electron chi connectivity index (χ1n) is 6.70. The van der Waals surface area contributed by atoms with E-state index in [0.717, 1.165) is 25.3 Å². The molecular weight excluding hydrogens is 222 g/mol. The molecule has 0 spiro atoms. The van der Waals surface area contributed by atoms with Crippen LogP contribution in [0.5, 0.6) is 5.75 Å². The molecule has 2 heteroatoms. The van der Waals surface area contributed by atoms with Crippen LogP contribution in [0.3, 0.4) is 0 Å². The molecule has 0 heterocycles. The fourth-order valence-corrected chi connectivity index (χ4v) is 2.05. The molecule has 0 radical (unpaired) electrons. The molecule has 2 rings (SSSR count). The minimum Gasteiger partial charge on any atom is -0.488 e. The van der Waals surface area contributed by atoms with Crippen LogP contribution in [0.1, 0.15) is 20.3 Å². The van der Waals surface area contributed by atoms with Gasteiger partial charge >= 0.3 is 0 Å². The second-order valence-corrected chi connectivity index (χ2v) is 4.43. The topological polar surface area (TPSA) is 21.3 Å². The van der Waals surface area contributed by atoms with Gasteiger partial charge in [0.25, 0.3) is 0 Å². The molecule has 0 amide bonds. The zero-order chi connectivity index (χ0) is 12.8. The highest BCUT2D eigenvalue weighted by molar-refractivity contribution is 5.88. The van der Waals surface area contributed by atoms with E-state index < -0.39 is 0 Å². The molecule has 0 aromatic heterocycles. The molecule has 2 aromatic rings. The lowest BCUT2D eigenvalue weighted by Gasteiger charge is -2.19. The molecule has 0 saturated carbocycles. The van der Waals surface area contributed by atoms with E-state index in [4.69, 9.17) is 4.74 Å². The zero-order valence-corrected chi connectivity index (χ0v) is 11.1. The van der Waals surface area contributed by atoms with E-state index in [9.17, 15) is 0 Å². The number of hydrogen-bond acceptors (Lipinski definition) is 2. The van der Waals surface area contributed by atoms with Crippen molar-refractivity contribution in [2.75, 3.05) is 13.1 Å². The Morgan fingerprint density at radius 2 is 1.83 bits per heavy atom. The van der Waals surface area contributed by atoms with Gasteiger partial charge in [0, 0.05) is 11.9 Å². The van der Waals surface area contributed by atoms with E-state index in [1.807, 2.05) is 0 Å². The maximum absolute atomic E-state index is 6.12. The summed E-state index contributed by atoms with van der Waals surface area (Å²) in [5, 5.41) is 5.76. The number of fused-ring (bicyclic) bond motifs is 1. The Hall–Kier alpha value is -1.54. The zero-order valence-electron chi connectivity index (χ0n) is 11.1. The molecule has 2 aromatic carbocycles. The molecule has 0 fully saturated rings. The maximum Gasteiger partial charge on any atom is 0.127 e. The smallest absolute Gasteiger partial charge is 0.127 e. The average molecular weight is 243 g/mol. The highest BCUT2D eigenvalue weighted by atomic mass is 16.5. The molecule has 96 valence electrons. The summed E-state index contributed by atoms with van der Waals surface area (Å²) in [6, 6.07) is 14.6. The number of ether oxygens (including phenoxy) is 1. The van der Waals surface area contributed by atoms with Crippen molar-refractivity contribution in [1.82, 2.24) is 5.32 Å². The Balaban J connectivity index is 2.19. The van der Waals surface area contributed by atoms with Gasteiger partial charge in [-0.2, -0.15) is 0 Å². The molecule has 0 saturated heterocycles. The van der Waals surface area contributed by atoms with E-state index >= 15 is 0 Å². The van der Waals surface area contributed by atoms with Gasteiger partial charge in [-0.3, -0.25) is 0 Å². The van der Waals surface area contributed by atoms with Crippen molar-refractivity contribution in [3.05, 3.63) is 42.5 Å². The third-order valence-corrected chi connectivity index (χ3v) is 3.12. The summed E-state index contributed by atoms with van der Waals surface area (Å²) in [5.74, 6) is 0.984. The van der Waals surface area contributed by atoms with Crippen molar-refractivity contribution in [2.45, 2.75) is 26.4 Å². The van der Waals surface area contributed by atoms with Gasteiger partial charge in [0.1, 0.15) is 11.9 Å². The minimum atomic E-state index is 0.232. The molecular formula is C16H21NO. The van der Waals surface area contributed by atoms with Crippen molar-refractivity contribution in [3.63, 3.8) is 0 Å². The van der Waals surface area contributed by atoms with Gasteiger partial charge in [0.2, 0.25) is 0 Å². The Kier molecular flexibility index (Phi) is 4.59. The van der Waals surface area contributed by atoms with Gasteiger partial charge in [-0.15, -0.1) is 0 Å². The summed E-state index contributed by atoms with van der Waals surface area (Å²) < 4.78 is 6.12. The summed E-state index contributed by atoms with van der Waals surface area (Å²) in [6.07, 6.45) is 1.24. The van der Waals surface area contributed by atoms with Crippen LogP contribution in [0.15, 0.2) is 42.5 Å². The third-order valence-electron chi connectivity index (χ3n) is 3.12. The Morgan fingerprint density at radius 1 is 1.06 bits per heavy atom. The van der Waals surface area contributed by atoms with Crippen molar-refractivity contribution in [3.8, 4) is 5.75 Å². The molecule has 18 heavy (non-hydrogen) atoms. The van der Waals surface area contributed by atoms with Crippen LogP contribution in [0, 0.1) is 0 Å². The number of likely N-dealkylation sites (N-methyl/N-ethyl adjacent to an activating group) is 1. The van der Waals surface area contributed by atoms with Gasteiger partial charge in [0.15, 0.2) is 0 Å². The molecule has 1 unspecified atom stereocenters. The first-order valence-corrected chi connectivity index (χ1v) is 6.70. The van der Waals surface area contributed by atoms with Crippen LogP contribution in [-0.4, -0.2) is 19.2 Å². The summed E-state index contributed by atoms with van der Waals surface area (Å²) in [4.78, 5) is 0. The van der Waals surface area contributed by atoms with Gasteiger partial charge < -0.3 is 10.1 Å². The van der Waals surface area contributed by atoms with E-state index in [0.29, 0.717) is 0 Å². The first-order chi connectivity index (χ1) is 8.85. The van der Waals surface area contributed by atoms with Crippen LogP contribution < -0.4 is 10.1 Å². The monoisotopic (exact) mass is 243 g/mol. The lowest BCUT2D eigenvalue weighted by Crippen LogP contribution is -2.30. The van der Waals surface area contributed by atoms with Crippen molar-refractivity contribution >= 4 is 10.8 Å². The molecule has 0 bridgehead atoms. The normalized spacial score (nSPS) is 12.6. The molecule has 2 nitrogen and oxygen atoms in total. The molecule has 0 aliphatic heterocycles. The van der Waals surface area contributed by atoms with Crippen molar-refractivity contribution in [2.24, 2.45) is 0 Å². The lowest BCUT2D eigenvalue weighted by molar-refractivity contribution is 0.197. The highest BCUT2D eigenvalue weighted by Crippen LogP contribution is 2.26. The number of hydrogen-bond donors (Lipinski definition) is 1. The predicted molar refractivity (Wildman–Crippen MR) is 77.2 cm³/mol. The van der Waals surface area contributed by atoms with E-state index in [-0.39, 0.29) is 6.10 Å². The molecule has 0 aliphatic rings. The van der Waals surface area contributed by atoms with Crippen molar-refractivity contribution < 1.29 is 4.74 Å². The van der Waals surface area contributed by atoms with Gasteiger partial charge in [-0.1, -0.05) is 50.2 Å². The fraction of sp³-hybridized carbons (Fsp3) is 0.375. The van der Waals surface area contributed by atoms with E-state index in [1.165, 1.54) is 10.8 Å². The summed E-state index contributed by atoms with van der Waals surface area (Å²) in [5.41, 5.74) is 0. The van der Waals surface area contributed by atoms with Crippen molar-refractivity contribution in [1.29, 1.82) is 0 Å². The largest absolute Gasteiger partial charge is 0.488 e. The van der Waals surface area contributed by atoms with Crippen LogP contribution in [0.25, 0.3) is 10.8 Å². The Morgan fingerprint density at radius 3 is 2.61 bits per heavy atom. The minimum absolute atomic E-state index is 0.232. The number of rotatable bonds is 6. The number of benzene rings is 2. The van der Waals surface area contributed by atoms with E-state index in [2.05, 4.69) is 61.6 Å². The second kappa shape index (κ2) is 6.41. The maximum atomic E-state index is 6.12. The predicted octanol–water partition coefficient (Wildman–Crippen LogP) is 3.61. The van der Waals surface area contributed by atoms with Gasteiger partial charge in [-0.25, -0.2) is 0 Å². The van der Waals surface area contributed by atoms with E-state index in [1.54, 1.807) is 0 Å². The Bertz CT molecular complexity index is 490. The Labute approximate surface area is 109 Å². The summed E-state index contributed by atoms with van der Waals surface area (Å²) in [6.45, 7) is 6.16. The standard InChI is InChI=1S/C16H21NO/c1-3-14(12-17-4-2)18-16-11-7-9-13-8-5-6-10-15(13)16/h5-11,14,17H,3-4,12H2,1-2H3. The SMILES string of the molecule is CCNCC(CC)Oc1cccc2ccccc12. The van der Waals surface area contributed by atoms with Crippen LogP contribution in [0.2, 0.25) is 0 Å². The van der Waals surface area contributed by atoms with Crippen LogP contribution in [-0.2, 0) is 0 Å². The quantitative estimate of drug-likeness (QED) is 0.837. The fourth-order valence-electron chi connectivity index (χ4n) is 2.05. The van der Waals surface area contributed by atoms with Crippen LogP contribution in [0.4, 0.5) is 0 Å². The highest BCUT2D eigenvalue weighted by Gasteiger charge is 2.09. The molecule has 1 atom stereocenters.